The summed E-state index contributed by atoms with van der Waals surface area (Å²) in [5.74, 6) is -0.720. The summed E-state index contributed by atoms with van der Waals surface area (Å²) in [6.07, 6.45) is 2.77. The molecular weight excluding hydrogens is 332 g/mol. The summed E-state index contributed by atoms with van der Waals surface area (Å²) < 4.78 is 10.5. The summed E-state index contributed by atoms with van der Waals surface area (Å²) in [5.41, 5.74) is 1.30. The lowest BCUT2D eigenvalue weighted by Crippen LogP contribution is -2.04. The molecule has 0 aliphatic heterocycles. The van der Waals surface area contributed by atoms with Gasteiger partial charge in [-0.25, -0.2) is 0 Å². The number of carbonyl (C=O) groups excluding carboxylic acids is 3. The van der Waals surface area contributed by atoms with Crippen LogP contribution in [-0.4, -0.2) is 17.5 Å². The largest absolute Gasteiger partial charge is 0.453 e. The molecule has 130 valence electrons. The number of hydrogen-bond acceptors (Lipinski definition) is 5. The van der Waals surface area contributed by atoms with E-state index in [0.717, 1.165) is 5.56 Å². The van der Waals surface area contributed by atoms with Crippen molar-refractivity contribution in [3.8, 4) is 5.75 Å². The zero-order valence-corrected chi connectivity index (χ0v) is 14.1. The Kier molecular flexibility index (Phi) is 5.08. The van der Waals surface area contributed by atoms with E-state index in [1.54, 1.807) is 24.3 Å². The van der Waals surface area contributed by atoms with Gasteiger partial charge >= 0.3 is 5.97 Å². The average molecular weight is 348 g/mol. The minimum atomic E-state index is -0.442. The van der Waals surface area contributed by atoms with Gasteiger partial charge in [0.2, 0.25) is 5.78 Å². The van der Waals surface area contributed by atoms with Crippen molar-refractivity contribution >= 4 is 34.6 Å². The van der Waals surface area contributed by atoms with Crippen molar-refractivity contribution in [2.75, 3.05) is 0 Å². The number of ether oxygens (including phenoxy) is 1. The van der Waals surface area contributed by atoms with Gasteiger partial charge in [-0.1, -0.05) is 36.4 Å². The first-order chi connectivity index (χ1) is 12.5. The number of furan rings is 1. The number of ketones is 2. The predicted molar refractivity (Wildman–Crippen MR) is 97.0 cm³/mol. The third-order valence-corrected chi connectivity index (χ3v) is 3.62. The average Bonchev–Trinajstić information content (AvgIpc) is 3.04. The molecule has 0 atom stereocenters. The van der Waals surface area contributed by atoms with E-state index in [2.05, 4.69) is 0 Å². The highest BCUT2D eigenvalue weighted by Crippen LogP contribution is 2.25. The van der Waals surface area contributed by atoms with Crippen LogP contribution in [0, 0.1) is 0 Å². The highest BCUT2D eigenvalue weighted by Gasteiger charge is 2.15. The number of allylic oxidation sites excluding steroid dienone is 1. The van der Waals surface area contributed by atoms with Gasteiger partial charge in [0.15, 0.2) is 11.5 Å². The molecule has 1 aromatic heterocycles. The zero-order chi connectivity index (χ0) is 18.5. The second kappa shape index (κ2) is 7.61. The molecule has 0 N–H and O–H groups in total. The van der Waals surface area contributed by atoms with E-state index in [1.165, 1.54) is 19.1 Å². The SMILES string of the molecule is CC(=O)Oc1ccc2cc(C(=O)CC(=O)/C=C/c3ccccc3)oc2c1. The van der Waals surface area contributed by atoms with Crippen LogP contribution in [0.25, 0.3) is 17.0 Å². The molecule has 26 heavy (non-hydrogen) atoms. The van der Waals surface area contributed by atoms with E-state index in [9.17, 15) is 14.4 Å². The standard InChI is InChI=1S/C21H16O5/c1-14(22)25-18-10-8-16-11-21(26-20(16)13-18)19(24)12-17(23)9-7-15-5-3-2-4-6-15/h2-11,13H,12H2,1H3/b9-7+. The molecule has 0 spiro atoms. The minimum absolute atomic E-state index is 0.0986. The first-order valence-electron chi connectivity index (χ1n) is 8.02. The molecule has 5 heteroatoms. The molecule has 0 saturated carbocycles. The van der Waals surface area contributed by atoms with E-state index in [0.29, 0.717) is 16.7 Å². The Morgan fingerprint density at radius 3 is 2.54 bits per heavy atom. The number of hydrogen-bond donors (Lipinski definition) is 0. The fourth-order valence-corrected chi connectivity index (χ4v) is 2.44. The Balaban J connectivity index is 1.70. The maximum atomic E-state index is 12.3. The zero-order valence-electron chi connectivity index (χ0n) is 14.1. The lowest BCUT2D eigenvalue weighted by atomic mass is 10.1. The van der Waals surface area contributed by atoms with Crippen molar-refractivity contribution in [3.05, 3.63) is 72.0 Å². The molecule has 3 aromatic rings. The van der Waals surface area contributed by atoms with Gasteiger partial charge in [-0.15, -0.1) is 0 Å². The highest BCUT2D eigenvalue weighted by atomic mass is 16.5. The van der Waals surface area contributed by atoms with Gasteiger partial charge in [0.25, 0.3) is 0 Å². The second-order valence-electron chi connectivity index (χ2n) is 5.71. The van der Waals surface area contributed by atoms with Crippen LogP contribution in [0.3, 0.4) is 0 Å². The Morgan fingerprint density at radius 1 is 1.04 bits per heavy atom. The van der Waals surface area contributed by atoms with E-state index in [4.69, 9.17) is 9.15 Å². The molecule has 0 bridgehead atoms. The lowest BCUT2D eigenvalue weighted by molar-refractivity contribution is -0.131. The van der Waals surface area contributed by atoms with E-state index in [1.807, 2.05) is 30.3 Å². The van der Waals surface area contributed by atoms with Crippen LogP contribution in [0.4, 0.5) is 0 Å². The first kappa shape index (κ1) is 17.4. The van der Waals surface area contributed by atoms with E-state index < -0.39 is 11.8 Å². The van der Waals surface area contributed by atoms with Gasteiger partial charge in [-0.3, -0.25) is 14.4 Å². The molecule has 5 nitrogen and oxygen atoms in total. The summed E-state index contributed by atoms with van der Waals surface area (Å²) in [5, 5.41) is 0.691. The lowest BCUT2D eigenvalue weighted by Gasteiger charge is -1.99. The van der Waals surface area contributed by atoms with Gasteiger partial charge in [-0.2, -0.15) is 0 Å². The molecule has 0 saturated heterocycles. The van der Waals surface area contributed by atoms with E-state index in [-0.39, 0.29) is 18.0 Å². The number of rotatable bonds is 6. The summed E-state index contributed by atoms with van der Waals surface area (Å²) in [6.45, 7) is 1.30. The summed E-state index contributed by atoms with van der Waals surface area (Å²) in [6, 6.07) is 15.8. The quantitative estimate of drug-likeness (QED) is 0.219. The molecule has 0 fully saturated rings. The van der Waals surface area contributed by atoms with E-state index >= 15 is 0 Å². The van der Waals surface area contributed by atoms with Crippen LogP contribution in [0.2, 0.25) is 0 Å². The Labute approximate surface area is 149 Å². The highest BCUT2D eigenvalue weighted by molar-refractivity contribution is 6.12. The maximum absolute atomic E-state index is 12.3. The molecule has 1 heterocycles. The van der Waals surface area contributed by atoms with Gasteiger partial charge in [0.05, 0.1) is 6.42 Å². The molecule has 0 amide bonds. The number of esters is 1. The van der Waals surface area contributed by atoms with Crippen molar-refractivity contribution in [3.63, 3.8) is 0 Å². The van der Waals surface area contributed by atoms with Crippen molar-refractivity contribution in [2.24, 2.45) is 0 Å². The van der Waals surface area contributed by atoms with Crippen LogP contribution in [-0.2, 0) is 9.59 Å². The summed E-state index contributed by atoms with van der Waals surface area (Å²) in [7, 11) is 0. The minimum Gasteiger partial charge on any atom is -0.453 e. The normalized spacial score (nSPS) is 11.0. The second-order valence-corrected chi connectivity index (χ2v) is 5.71. The van der Waals surface area contributed by atoms with Crippen molar-refractivity contribution < 1.29 is 23.5 Å². The van der Waals surface area contributed by atoms with Crippen LogP contribution in [0.5, 0.6) is 5.75 Å². The monoisotopic (exact) mass is 348 g/mol. The van der Waals surface area contributed by atoms with Crippen LogP contribution in [0.15, 0.2) is 65.1 Å². The third-order valence-electron chi connectivity index (χ3n) is 3.62. The Bertz CT molecular complexity index is 996. The number of Topliss-reactive ketones (excluding diaryl/α,β-unsaturated/α-hetero) is 1. The fourth-order valence-electron chi connectivity index (χ4n) is 2.44. The van der Waals surface area contributed by atoms with Crippen molar-refractivity contribution in [1.82, 2.24) is 0 Å². The first-order valence-corrected chi connectivity index (χ1v) is 8.02. The molecule has 0 aliphatic carbocycles. The fraction of sp³-hybridized carbons (Fsp3) is 0.0952. The van der Waals surface area contributed by atoms with Crippen molar-refractivity contribution in [2.45, 2.75) is 13.3 Å². The maximum Gasteiger partial charge on any atom is 0.308 e. The smallest absolute Gasteiger partial charge is 0.308 e. The Hall–Kier alpha value is -3.47. The Morgan fingerprint density at radius 2 is 1.81 bits per heavy atom. The van der Waals surface area contributed by atoms with Gasteiger partial charge < -0.3 is 9.15 Å². The molecule has 0 aliphatic rings. The molecule has 3 rings (SSSR count). The van der Waals surface area contributed by atoms with Gasteiger partial charge in [-0.05, 0) is 29.8 Å². The summed E-state index contributed by atoms with van der Waals surface area (Å²) >= 11 is 0. The number of fused-ring (bicyclic) bond motifs is 1. The predicted octanol–water partition coefficient (Wildman–Crippen LogP) is 4.21. The van der Waals surface area contributed by atoms with Gasteiger partial charge in [0.1, 0.15) is 11.3 Å². The molecule has 0 radical (unpaired) electrons. The molecular formula is C21H16O5. The summed E-state index contributed by atoms with van der Waals surface area (Å²) in [4.78, 5) is 35.2. The number of benzene rings is 2. The van der Waals surface area contributed by atoms with Gasteiger partial charge in [0, 0.05) is 18.4 Å². The topological polar surface area (TPSA) is 73.6 Å². The molecule has 2 aromatic carbocycles. The van der Waals surface area contributed by atoms with Crippen LogP contribution >= 0.6 is 0 Å². The number of carbonyl (C=O) groups is 3. The van der Waals surface area contributed by atoms with Crippen LogP contribution in [0.1, 0.15) is 29.5 Å². The molecule has 0 unspecified atom stereocenters. The van der Waals surface area contributed by atoms with Crippen molar-refractivity contribution in [1.29, 1.82) is 0 Å². The van der Waals surface area contributed by atoms with Crippen LogP contribution < -0.4 is 4.74 Å². The third kappa shape index (κ3) is 4.33.